The van der Waals surface area contributed by atoms with E-state index in [0.717, 1.165) is 18.1 Å². The topological polar surface area (TPSA) is 69.1 Å². The van der Waals surface area contributed by atoms with Crippen molar-refractivity contribution in [1.29, 1.82) is 0 Å². The number of hydrogen-bond donors (Lipinski definition) is 3. The summed E-state index contributed by atoms with van der Waals surface area (Å²) in [6.45, 7) is 3.56. The van der Waals surface area contributed by atoms with E-state index < -0.39 is 0 Å². The van der Waals surface area contributed by atoms with E-state index >= 15 is 0 Å². The van der Waals surface area contributed by atoms with Gasteiger partial charge in [-0.1, -0.05) is 18.6 Å². The smallest absolute Gasteiger partial charge is 0.191 e. The third kappa shape index (κ3) is 4.86. The van der Waals surface area contributed by atoms with E-state index in [4.69, 9.17) is 9.73 Å². The van der Waals surface area contributed by atoms with E-state index in [9.17, 15) is 5.11 Å². The van der Waals surface area contributed by atoms with Crippen LogP contribution in [-0.4, -0.2) is 61.3 Å². The van der Waals surface area contributed by atoms with Crippen molar-refractivity contribution in [3.63, 3.8) is 0 Å². The Balaban J connectivity index is 1.58. The minimum Gasteiger partial charge on any atom is -0.504 e. The van der Waals surface area contributed by atoms with Gasteiger partial charge >= 0.3 is 0 Å². The van der Waals surface area contributed by atoms with E-state index in [1.807, 2.05) is 12.1 Å². The van der Waals surface area contributed by atoms with Crippen LogP contribution in [0.25, 0.3) is 0 Å². The Bertz CT molecular complexity index is 635. The number of aromatic hydroxyl groups is 1. The second-order valence-corrected chi connectivity index (χ2v) is 7.70. The number of phenols is 1. The fraction of sp³-hybridized carbons (Fsp3) is 0.667. The molecule has 6 nitrogen and oxygen atoms in total. The molecule has 0 aliphatic carbocycles. The molecule has 150 valence electrons. The van der Waals surface area contributed by atoms with Crippen LogP contribution in [0.3, 0.4) is 0 Å². The molecule has 1 aromatic carbocycles. The zero-order valence-electron chi connectivity index (χ0n) is 16.9. The molecule has 0 aromatic heterocycles. The van der Waals surface area contributed by atoms with Gasteiger partial charge in [0.1, 0.15) is 0 Å². The predicted octanol–water partition coefficient (Wildman–Crippen LogP) is 2.51. The molecule has 2 unspecified atom stereocenters. The molecule has 2 atom stereocenters. The number of nitrogens with one attached hydrogen (secondary N) is 2. The molecule has 0 spiro atoms. The van der Waals surface area contributed by atoms with Crippen molar-refractivity contribution in [2.75, 3.05) is 27.2 Å². The zero-order valence-corrected chi connectivity index (χ0v) is 16.9. The average Bonchev–Trinajstić information content (AvgIpc) is 2.64. The summed E-state index contributed by atoms with van der Waals surface area (Å²) in [4.78, 5) is 7.32. The van der Waals surface area contributed by atoms with Gasteiger partial charge in [0.15, 0.2) is 17.5 Å². The maximum absolute atomic E-state index is 10.2. The van der Waals surface area contributed by atoms with Crippen molar-refractivity contribution in [1.82, 2.24) is 15.5 Å². The molecular formula is C21H34N4O2. The molecule has 2 saturated heterocycles. The van der Waals surface area contributed by atoms with Crippen LogP contribution in [0.15, 0.2) is 23.2 Å². The lowest BCUT2D eigenvalue weighted by atomic mass is 9.82. The second kappa shape index (κ2) is 9.31. The summed E-state index contributed by atoms with van der Waals surface area (Å²) in [7, 11) is 3.85. The van der Waals surface area contributed by atoms with Gasteiger partial charge in [0.25, 0.3) is 0 Å². The van der Waals surface area contributed by atoms with Gasteiger partial charge in [-0.3, -0.25) is 4.99 Å². The summed E-state index contributed by atoms with van der Waals surface area (Å²) in [6, 6.07) is 7.48. The van der Waals surface area contributed by atoms with Crippen LogP contribution < -0.4 is 15.4 Å². The molecule has 6 heteroatoms. The molecule has 3 N–H and O–H groups in total. The number of guanidine groups is 1. The van der Waals surface area contributed by atoms with E-state index in [0.29, 0.717) is 36.8 Å². The van der Waals surface area contributed by atoms with Crippen molar-refractivity contribution in [2.45, 2.75) is 63.6 Å². The zero-order chi connectivity index (χ0) is 19.2. The molecule has 2 fully saturated rings. The Morgan fingerprint density at radius 1 is 1.30 bits per heavy atom. The van der Waals surface area contributed by atoms with Crippen LogP contribution in [0.2, 0.25) is 0 Å². The number of methoxy groups -OCH3 is 1. The van der Waals surface area contributed by atoms with Gasteiger partial charge < -0.3 is 25.4 Å². The molecule has 2 aliphatic heterocycles. The summed E-state index contributed by atoms with van der Waals surface area (Å²) in [5, 5.41) is 17.2. The van der Waals surface area contributed by atoms with Gasteiger partial charge in [-0.05, 0) is 57.7 Å². The Labute approximate surface area is 163 Å². The average molecular weight is 375 g/mol. The lowest BCUT2D eigenvalue weighted by Gasteiger charge is -2.47. The van der Waals surface area contributed by atoms with Crippen molar-refractivity contribution in [3.8, 4) is 11.5 Å². The predicted molar refractivity (Wildman–Crippen MR) is 110 cm³/mol. The molecule has 0 radical (unpaired) electrons. The minimum absolute atomic E-state index is 0.219. The van der Waals surface area contributed by atoms with Crippen LogP contribution in [0, 0.1) is 0 Å². The molecule has 0 amide bonds. The van der Waals surface area contributed by atoms with Crippen LogP contribution in [0.4, 0.5) is 0 Å². The van der Waals surface area contributed by atoms with Crippen molar-refractivity contribution >= 4 is 5.96 Å². The number of benzene rings is 1. The fourth-order valence-electron chi connectivity index (χ4n) is 4.47. The van der Waals surface area contributed by atoms with Crippen LogP contribution >= 0.6 is 0 Å². The highest BCUT2D eigenvalue weighted by molar-refractivity contribution is 5.80. The molecule has 3 rings (SSSR count). The minimum atomic E-state index is 0.219. The highest BCUT2D eigenvalue weighted by atomic mass is 16.5. The van der Waals surface area contributed by atoms with Crippen molar-refractivity contribution < 1.29 is 9.84 Å². The van der Waals surface area contributed by atoms with Crippen molar-refractivity contribution in [3.05, 3.63) is 23.8 Å². The molecule has 2 heterocycles. The van der Waals surface area contributed by atoms with E-state index in [1.54, 1.807) is 13.2 Å². The van der Waals surface area contributed by atoms with Crippen LogP contribution in [0.1, 0.15) is 44.6 Å². The SMILES string of the molecule is CCNC(=NCCc1cccc(OC)c1O)NC1CC2CCCC(C1)N2C. The number of piperidine rings is 2. The summed E-state index contributed by atoms with van der Waals surface area (Å²) < 4.78 is 5.18. The first kappa shape index (κ1) is 19.8. The number of fused-ring (bicyclic) bond motifs is 2. The second-order valence-electron chi connectivity index (χ2n) is 7.70. The number of hydrogen-bond acceptors (Lipinski definition) is 4. The third-order valence-corrected chi connectivity index (χ3v) is 5.98. The monoisotopic (exact) mass is 374 g/mol. The van der Waals surface area contributed by atoms with Gasteiger partial charge in [-0.2, -0.15) is 0 Å². The largest absolute Gasteiger partial charge is 0.504 e. The highest BCUT2D eigenvalue weighted by Gasteiger charge is 2.36. The standard InChI is InChI=1S/C21H34N4O2/c1-4-22-21(23-12-11-15-7-5-10-19(27-3)20(15)26)24-16-13-17-8-6-9-18(14-16)25(17)2/h5,7,10,16-18,26H,4,6,8-9,11-14H2,1-3H3,(H2,22,23,24). The van der Waals surface area contributed by atoms with E-state index in [2.05, 4.69) is 29.5 Å². The third-order valence-electron chi connectivity index (χ3n) is 5.98. The molecule has 2 bridgehead atoms. The summed E-state index contributed by atoms with van der Waals surface area (Å²) >= 11 is 0. The summed E-state index contributed by atoms with van der Waals surface area (Å²) in [6.07, 6.45) is 7.05. The van der Waals surface area contributed by atoms with Crippen molar-refractivity contribution in [2.24, 2.45) is 4.99 Å². The van der Waals surface area contributed by atoms with E-state index in [1.165, 1.54) is 32.1 Å². The van der Waals surface area contributed by atoms with Gasteiger partial charge in [0.05, 0.1) is 7.11 Å². The molecule has 1 aromatic rings. The fourth-order valence-corrected chi connectivity index (χ4v) is 4.47. The first-order chi connectivity index (χ1) is 13.1. The van der Waals surface area contributed by atoms with Gasteiger partial charge in [0, 0.05) is 31.2 Å². The number of aliphatic imine (C=N–C) groups is 1. The molecule has 27 heavy (non-hydrogen) atoms. The Morgan fingerprint density at radius 2 is 2.04 bits per heavy atom. The van der Waals surface area contributed by atoms with E-state index in [-0.39, 0.29) is 5.75 Å². The number of phenolic OH excluding ortho intramolecular Hbond substituents is 1. The highest BCUT2D eigenvalue weighted by Crippen LogP contribution is 2.32. The Hall–Kier alpha value is -1.95. The Morgan fingerprint density at radius 3 is 2.70 bits per heavy atom. The quantitative estimate of drug-likeness (QED) is 0.527. The van der Waals surface area contributed by atoms with Crippen LogP contribution in [0.5, 0.6) is 11.5 Å². The first-order valence-electron chi connectivity index (χ1n) is 10.2. The molecular weight excluding hydrogens is 340 g/mol. The van der Waals surface area contributed by atoms with Gasteiger partial charge in [-0.15, -0.1) is 0 Å². The Kier molecular flexibility index (Phi) is 6.83. The first-order valence-corrected chi connectivity index (χ1v) is 10.2. The number of nitrogens with zero attached hydrogens (tertiary/aromatic N) is 2. The number of ether oxygens (including phenoxy) is 1. The molecule has 0 saturated carbocycles. The normalized spacial score (nSPS) is 25.9. The number of rotatable bonds is 6. The van der Waals surface area contributed by atoms with Gasteiger partial charge in [-0.25, -0.2) is 0 Å². The van der Waals surface area contributed by atoms with Crippen LogP contribution in [-0.2, 0) is 6.42 Å². The lowest BCUT2D eigenvalue weighted by Crippen LogP contribution is -2.56. The summed E-state index contributed by atoms with van der Waals surface area (Å²) in [5.74, 6) is 1.61. The summed E-state index contributed by atoms with van der Waals surface area (Å²) in [5.41, 5.74) is 0.864. The lowest BCUT2D eigenvalue weighted by molar-refractivity contribution is 0.0526. The maximum atomic E-state index is 10.2. The maximum Gasteiger partial charge on any atom is 0.191 e. The molecule has 2 aliphatic rings. The van der Waals surface area contributed by atoms with Gasteiger partial charge in [0.2, 0.25) is 0 Å². The number of para-hydroxylation sites is 1.